The van der Waals surface area contributed by atoms with Gasteiger partial charge in [-0.1, -0.05) is 12.1 Å². The van der Waals surface area contributed by atoms with Crippen molar-refractivity contribution in [1.29, 1.82) is 0 Å². The zero-order valence-corrected chi connectivity index (χ0v) is 12.2. The number of nitrogens with one attached hydrogen (secondary N) is 1. The van der Waals surface area contributed by atoms with E-state index in [2.05, 4.69) is 47.4 Å². The van der Waals surface area contributed by atoms with Crippen LogP contribution in [0.4, 0.5) is 0 Å². The standard InChI is InChI=1S/C15H20N2O.ClH/c1-17-11-3-4-14(17)12-16-10-9-13-5-7-15(18-2)8-6-13;/h3-8,11,16H,9-10,12H2,1-2H3;1H. The van der Waals surface area contributed by atoms with Crippen molar-refractivity contribution in [3.8, 4) is 5.75 Å². The van der Waals surface area contributed by atoms with E-state index in [4.69, 9.17) is 4.74 Å². The van der Waals surface area contributed by atoms with E-state index >= 15 is 0 Å². The summed E-state index contributed by atoms with van der Waals surface area (Å²) in [6, 6.07) is 12.5. The summed E-state index contributed by atoms with van der Waals surface area (Å²) in [6.45, 7) is 1.90. The summed E-state index contributed by atoms with van der Waals surface area (Å²) in [7, 11) is 3.76. The first-order valence-electron chi connectivity index (χ1n) is 6.23. The molecule has 0 fully saturated rings. The van der Waals surface area contributed by atoms with Gasteiger partial charge in [0, 0.05) is 25.5 Å². The van der Waals surface area contributed by atoms with Crippen LogP contribution in [0.3, 0.4) is 0 Å². The third-order valence-electron chi connectivity index (χ3n) is 3.11. The van der Waals surface area contributed by atoms with Gasteiger partial charge in [-0.2, -0.15) is 0 Å². The van der Waals surface area contributed by atoms with Crippen LogP contribution in [0.1, 0.15) is 11.3 Å². The number of ether oxygens (including phenoxy) is 1. The van der Waals surface area contributed by atoms with Crippen LogP contribution < -0.4 is 10.1 Å². The molecule has 0 aliphatic rings. The zero-order chi connectivity index (χ0) is 12.8. The van der Waals surface area contributed by atoms with Gasteiger partial charge in [-0.15, -0.1) is 12.4 Å². The van der Waals surface area contributed by atoms with Crippen molar-refractivity contribution in [2.75, 3.05) is 13.7 Å². The second kappa shape index (κ2) is 7.87. The predicted molar refractivity (Wildman–Crippen MR) is 81.1 cm³/mol. The number of benzene rings is 1. The number of methoxy groups -OCH3 is 1. The molecule has 3 nitrogen and oxygen atoms in total. The number of hydrogen-bond donors (Lipinski definition) is 1. The molecule has 0 unspecified atom stereocenters. The number of rotatable bonds is 6. The topological polar surface area (TPSA) is 26.2 Å². The molecule has 2 rings (SSSR count). The van der Waals surface area contributed by atoms with E-state index < -0.39 is 0 Å². The Kier molecular flexibility index (Phi) is 6.46. The molecular formula is C15H21ClN2O. The summed E-state index contributed by atoms with van der Waals surface area (Å²) in [5, 5.41) is 3.45. The first-order valence-corrected chi connectivity index (χ1v) is 6.23. The van der Waals surface area contributed by atoms with Crippen molar-refractivity contribution in [1.82, 2.24) is 9.88 Å². The number of aromatic nitrogens is 1. The lowest BCUT2D eigenvalue weighted by Crippen LogP contribution is -2.18. The van der Waals surface area contributed by atoms with Crippen LogP contribution in [0.5, 0.6) is 5.75 Å². The molecule has 0 atom stereocenters. The first kappa shape index (κ1) is 15.6. The van der Waals surface area contributed by atoms with E-state index in [1.807, 2.05) is 12.1 Å². The van der Waals surface area contributed by atoms with E-state index in [9.17, 15) is 0 Å². The van der Waals surface area contributed by atoms with Crippen LogP contribution >= 0.6 is 12.4 Å². The van der Waals surface area contributed by atoms with Crippen molar-refractivity contribution < 1.29 is 4.74 Å². The summed E-state index contributed by atoms with van der Waals surface area (Å²) in [5.41, 5.74) is 2.64. The predicted octanol–water partition coefficient (Wildman–Crippen LogP) is 2.79. The Hall–Kier alpha value is -1.45. The molecule has 0 bridgehead atoms. The lowest BCUT2D eigenvalue weighted by Gasteiger charge is -2.07. The maximum Gasteiger partial charge on any atom is 0.118 e. The molecule has 104 valence electrons. The van der Waals surface area contributed by atoms with Gasteiger partial charge in [-0.05, 0) is 42.8 Å². The van der Waals surface area contributed by atoms with Gasteiger partial charge in [0.25, 0.3) is 0 Å². The van der Waals surface area contributed by atoms with Gasteiger partial charge in [0.05, 0.1) is 7.11 Å². The average Bonchev–Trinajstić information content (AvgIpc) is 2.81. The first-order chi connectivity index (χ1) is 8.79. The Morgan fingerprint density at radius 1 is 1.16 bits per heavy atom. The fraction of sp³-hybridized carbons (Fsp3) is 0.333. The van der Waals surface area contributed by atoms with Crippen molar-refractivity contribution in [2.45, 2.75) is 13.0 Å². The molecule has 0 saturated carbocycles. The maximum atomic E-state index is 5.14. The molecule has 1 aromatic heterocycles. The van der Waals surface area contributed by atoms with Crippen LogP contribution in [-0.4, -0.2) is 18.2 Å². The van der Waals surface area contributed by atoms with Crippen molar-refractivity contribution in [3.05, 3.63) is 53.9 Å². The van der Waals surface area contributed by atoms with E-state index in [1.165, 1.54) is 11.3 Å². The summed E-state index contributed by atoms with van der Waals surface area (Å²) < 4.78 is 7.28. The number of hydrogen-bond acceptors (Lipinski definition) is 2. The van der Waals surface area contributed by atoms with Crippen molar-refractivity contribution >= 4 is 12.4 Å². The number of nitrogens with zero attached hydrogens (tertiary/aromatic N) is 1. The van der Waals surface area contributed by atoms with Crippen LogP contribution in [0, 0.1) is 0 Å². The minimum Gasteiger partial charge on any atom is -0.497 e. The third kappa shape index (κ3) is 4.62. The molecule has 0 aliphatic heterocycles. The highest BCUT2D eigenvalue weighted by Gasteiger charge is 1.97. The summed E-state index contributed by atoms with van der Waals surface area (Å²) >= 11 is 0. The molecule has 0 saturated heterocycles. The summed E-state index contributed by atoms with van der Waals surface area (Å²) in [6.07, 6.45) is 3.11. The Morgan fingerprint density at radius 2 is 1.89 bits per heavy atom. The molecule has 0 aliphatic carbocycles. The van der Waals surface area contributed by atoms with Crippen LogP contribution in [0.15, 0.2) is 42.6 Å². The molecule has 1 aromatic carbocycles. The second-order valence-corrected chi connectivity index (χ2v) is 4.39. The quantitative estimate of drug-likeness (QED) is 0.824. The Labute approximate surface area is 121 Å². The zero-order valence-electron chi connectivity index (χ0n) is 11.4. The largest absolute Gasteiger partial charge is 0.497 e. The summed E-state index contributed by atoms with van der Waals surface area (Å²) in [5.74, 6) is 0.913. The second-order valence-electron chi connectivity index (χ2n) is 4.39. The van der Waals surface area contributed by atoms with E-state index in [1.54, 1.807) is 7.11 Å². The SMILES string of the molecule is COc1ccc(CCNCc2cccn2C)cc1.Cl. The van der Waals surface area contributed by atoms with E-state index in [0.717, 1.165) is 25.3 Å². The minimum atomic E-state index is 0. The minimum absolute atomic E-state index is 0. The van der Waals surface area contributed by atoms with Crippen LogP contribution in [0.2, 0.25) is 0 Å². The van der Waals surface area contributed by atoms with E-state index in [-0.39, 0.29) is 12.4 Å². The molecule has 0 spiro atoms. The fourth-order valence-corrected chi connectivity index (χ4v) is 1.92. The van der Waals surface area contributed by atoms with Gasteiger partial charge in [0.1, 0.15) is 5.75 Å². The molecule has 1 heterocycles. The Bertz CT molecular complexity index is 479. The molecular weight excluding hydrogens is 260 g/mol. The Balaban J connectivity index is 0.00000180. The van der Waals surface area contributed by atoms with E-state index in [0.29, 0.717) is 0 Å². The maximum absolute atomic E-state index is 5.14. The average molecular weight is 281 g/mol. The normalized spacial score (nSPS) is 10.0. The lowest BCUT2D eigenvalue weighted by atomic mass is 10.1. The fourth-order valence-electron chi connectivity index (χ4n) is 1.92. The molecule has 0 amide bonds. The van der Waals surface area contributed by atoms with Crippen LogP contribution in [0.25, 0.3) is 0 Å². The number of halogens is 1. The molecule has 2 aromatic rings. The smallest absolute Gasteiger partial charge is 0.118 e. The van der Waals surface area contributed by atoms with Gasteiger partial charge in [0.2, 0.25) is 0 Å². The highest BCUT2D eigenvalue weighted by atomic mass is 35.5. The molecule has 0 radical (unpaired) electrons. The highest BCUT2D eigenvalue weighted by molar-refractivity contribution is 5.85. The number of aryl methyl sites for hydroxylation is 1. The van der Waals surface area contributed by atoms with Crippen molar-refractivity contribution in [3.63, 3.8) is 0 Å². The van der Waals surface area contributed by atoms with Crippen LogP contribution in [-0.2, 0) is 20.0 Å². The highest BCUT2D eigenvalue weighted by Crippen LogP contribution is 2.11. The van der Waals surface area contributed by atoms with Gasteiger partial charge in [-0.25, -0.2) is 0 Å². The third-order valence-corrected chi connectivity index (χ3v) is 3.11. The molecule has 19 heavy (non-hydrogen) atoms. The van der Waals surface area contributed by atoms with Gasteiger partial charge in [-0.3, -0.25) is 0 Å². The molecule has 4 heteroatoms. The summed E-state index contributed by atoms with van der Waals surface area (Å²) in [4.78, 5) is 0. The van der Waals surface area contributed by atoms with Gasteiger partial charge >= 0.3 is 0 Å². The lowest BCUT2D eigenvalue weighted by molar-refractivity contribution is 0.414. The van der Waals surface area contributed by atoms with Crippen molar-refractivity contribution in [2.24, 2.45) is 7.05 Å². The van der Waals surface area contributed by atoms with Gasteiger partial charge < -0.3 is 14.6 Å². The Morgan fingerprint density at radius 3 is 2.47 bits per heavy atom. The monoisotopic (exact) mass is 280 g/mol. The molecule has 1 N–H and O–H groups in total. The van der Waals surface area contributed by atoms with Gasteiger partial charge in [0.15, 0.2) is 0 Å².